The minimum atomic E-state index is -0.690. The summed E-state index contributed by atoms with van der Waals surface area (Å²) in [6, 6.07) is 0. The zero-order chi connectivity index (χ0) is 7.98. The van der Waals surface area contributed by atoms with E-state index >= 15 is 0 Å². The van der Waals surface area contributed by atoms with Crippen molar-refractivity contribution in [1.29, 1.82) is 0 Å². The summed E-state index contributed by atoms with van der Waals surface area (Å²) in [6.45, 7) is 6.93. The third kappa shape index (κ3) is 3.95. The fraction of sp³-hybridized carbons (Fsp3) is 0.571. The molecule has 1 atom stereocenters. The van der Waals surface area contributed by atoms with Crippen LogP contribution in [0.25, 0.3) is 0 Å². The van der Waals surface area contributed by atoms with Crippen LogP contribution in [0.2, 0.25) is 0 Å². The van der Waals surface area contributed by atoms with Gasteiger partial charge in [-0.05, 0) is 13.3 Å². The van der Waals surface area contributed by atoms with Crippen molar-refractivity contribution in [2.24, 2.45) is 0 Å². The molecule has 0 aliphatic rings. The van der Waals surface area contributed by atoms with Crippen LogP contribution >= 0.6 is 0 Å². The number of hydrogen-bond acceptors (Lipinski definition) is 3. The van der Waals surface area contributed by atoms with E-state index in [-0.39, 0.29) is 6.10 Å². The maximum absolute atomic E-state index is 10.5. The van der Waals surface area contributed by atoms with Crippen molar-refractivity contribution in [3.8, 4) is 0 Å². The third-order valence-electron chi connectivity index (χ3n) is 1.05. The van der Waals surface area contributed by atoms with E-state index in [2.05, 4.69) is 11.3 Å². The normalized spacial score (nSPS) is 11.8. The average molecular weight is 144 g/mol. The van der Waals surface area contributed by atoms with Gasteiger partial charge in [0.05, 0.1) is 6.26 Å². The summed E-state index contributed by atoms with van der Waals surface area (Å²) in [5.41, 5.74) is 0. The smallest absolute Gasteiger partial charge is 0.431 e. The molecule has 10 heavy (non-hydrogen) atoms. The van der Waals surface area contributed by atoms with Crippen LogP contribution in [0.1, 0.15) is 20.3 Å². The maximum atomic E-state index is 10.5. The summed E-state index contributed by atoms with van der Waals surface area (Å²) in [5, 5.41) is 0. The maximum Gasteiger partial charge on any atom is 0.513 e. The van der Waals surface area contributed by atoms with Crippen molar-refractivity contribution < 1.29 is 14.3 Å². The Labute approximate surface area is 60.6 Å². The molecule has 0 aromatic rings. The molecule has 0 aromatic heterocycles. The standard InChI is InChI=1S/C7H12O3/c1-4-6(3)10-7(8)9-5-2/h5-6H,2,4H2,1,3H3. The lowest BCUT2D eigenvalue weighted by Gasteiger charge is -2.07. The Kier molecular flexibility index (Phi) is 4.37. The second kappa shape index (κ2) is 4.85. The van der Waals surface area contributed by atoms with E-state index in [1.165, 1.54) is 0 Å². The molecule has 0 amide bonds. The van der Waals surface area contributed by atoms with Gasteiger partial charge in [0.1, 0.15) is 6.10 Å². The van der Waals surface area contributed by atoms with Crippen LogP contribution in [0, 0.1) is 0 Å². The number of carbonyl (C=O) groups is 1. The highest BCUT2D eigenvalue weighted by molar-refractivity contribution is 5.60. The molecule has 1 unspecified atom stereocenters. The topological polar surface area (TPSA) is 35.5 Å². The minimum absolute atomic E-state index is 0.0903. The average Bonchev–Trinajstić information content (AvgIpc) is 1.88. The molecule has 0 aromatic carbocycles. The van der Waals surface area contributed by atoms with E-state index < -0.39 is 6.16 Å². The van der Waals surface area contributed by atoms with Crippen molar-refractivity contribution in [3.05, 3.63) is 12.8 Å². The summed E-state index contributed by atoms with van der Waals surface area (Å²) in [7, 11) is 0. The predicted molar refractivity (Wildman–Crippen MR) is 37.5 cm³/mol. The molecule has 0 rings (SSSR count). The molecule has 0 saturated carbocycles. The minimum Gasteiger partial charge on any atom is -0.431 e. The Hall–Kier alpha value is -0.990. The monoisotopic (exact) mass is 144 g/mol. The van der Waals surface area contributed by atoms with Gasteiger partial charge in [-0.3, -0.25) is 0 Å². The summed E-state index contributed by atoms with van der Waals surface area (Å²) in [4.78, 5) is 10.5. The molecule has 0 aliphatic carbocycles. The van der Waals surface area contributed by atoms with Crippen LogP contribution < -0.4 is 0 Å². The van der Waals surface area contributed by atoms with Gasteiger partial charge < -0.3 is 9.47 Å². The van der Waals surface area contributed by atoms with Crippen LogP contribution in [0.3, 0.4) is 0 Å². The van der Waals surface area contributed by atoms with Crippen LogP contribution in [0.5, 0.6) is 0 Å². The quantitative estimate of drug-likeness (QED) is 0.449. The van der Waals surface area contributed by atoms with Gasteiger partial charge in [0.25, 0.3) is 0 Å². The number of hydrogen-bond donors (Lipinski definition) is 0. The van der Waals surface area contributed by atoms with Crippen molar-refractivity contribution >= 4 is 6.16 Å². The molecule has 0 spiro atoms. The summed E-state index contributed by atoms with van der Waals surface area (Å²) in [5.74, 6) is 0. The third-order valence-corrected chi connectivity index (χ3v) is 1.05. The van der Waals surface area contributed by atoms with Crippen molar-refractivity contribution in [2.75, 3.05) is 0 Å². The molecular weight excluding hydrogens is 132 g/mol. The van der Waals surface area contributed by atoms with Gasteiger partial charge in [0.2, 0.25) is 0 Å². The van der Waals surface area contributed by atoms with Crippen LogP contribution in [-0.4, -0.2) is 12.3 Å². The fourth-order valence-electron chi connectivity index (χ4n) is 0.343. The van der Waals surface area contributed by atoms with Gasteiger partial charge in [0.15, 0.2) is 0 Å². The molecule has 0 bridgehead atoms. The second-order valence-corrected chi connectivity index (χ2v) is 1.87. The van der Waals surface area contributed by atoms with Crippen molar-refractivity contribution in [3.63, 3.8) is 0 Å². The Morgan fingerprint density at radius 3 is 2.80 bits per heavy atom. The van der Waals surface area contributed by atoms with Gasteiger partial charge in [-0.15, -0.1) is 0 Å². The summed E-state index contributed by atoms with van der Waals surface area (Å²) >= 11 is 0. The van der Waals surface area contributed by atoms with Gasteiger partial charge in [-0.1, -0.05) is 13.5 Å². The Balaban J connectivity index is 3.46. The van der Waals surface area contributed by atoms with Gasteiger partial charge in [-0.25, -0.2) is 4.79 Å². The molecule has 3 nitrogen and oxygen atoms in total. The van der Waals surface area contributed by atoms with E-state index in [1.807, 2.05) is 6.92 Å². The van der Waals surface area contributed by atoms with Gasteiger partial charge in [-0.2, -0.15) is 0 Å². The summed E-state index contributed by atoms with van der Waals surface area (Å²) in [6.07, 6.45) is 1.05. The first-order chi connectivity index (χ1) is 4.70. The summed E-state index contributed by atoms with van der Waals surface area (Å²) < 4.78 is 9.02. The lowest BCUT2D eigenvalue weighted by molar-refractivity contribution is 0.0524. The Morgan fingerprint density at radius 2 is 2.40 bits per heavy atom. The van der Waals surface area contributed by atoms with Gasteiger partial charge >= 0.3 is 6.16 Å². The van der Waals surface area contributed by atoms with E-state index in [1.54, 1.807) is 6.92 Å². The largest absolute Gasteiger partial charge is 0.513 e. The van der Waals surface area contributed by atoms with E-state index in [0.717, 1.165) is 12.7 Å². The lowest BCUT2D eigenvalue weighted by atomic mass is 10.3. The molecule has 58 valence electrons. The fourth-order valence-corrected chi connectivity index (χ4v) is 0.343. The molecular formula is C7H12O3. The molecule has 0 radical (unpaired) electrons. The van der Waals surface area contributed by atoms with Crippen molar-refractivity contribution in [1.82, 2.24) is 0 Å². The molecule has 0 fully saturated rings. The lowest BCUT2D eigenvalue weighted by Crippen LogP contribution is -2.12. The highest BCUT2D eigenvalue weighted by Crippen LogP contribution is 1.97. The first-order valence-corrected chi connectivity index (χ1v) is 3.18. The predicted octanol–water partition coefficient (Wildman–Crippen LogP) is 2.08. The molecule has 0 heterocycles. The number of rotatable bonds is 3. The Morgan fingerprint density at radius 1 is 1.80 bits per heavy atom. The van der Waals surface area contributed by atoms with E-state index in [9.17, 15) is 4.79 Å². The molecule has 0 aliphatic heterocycles. The second-order valence-electron chi connectivity index (χ2n) is 1.87. The highest BCUT2D eigenvalue weighted by atomic mass is 16.7. The highest BCUT2D eigenvalue weighted by Gasteiger charge is 2.05. The van der Waals surface area contributed by atoms with E-state index in [4.69, 9.17) is 4.74 Å². The number of carbonyl (C=O) groups excluding carboxylic acids is 1. The van der Waals surface area contributed by atoms with Crippen molar-refractivity contribution in [2.45, 2.75) is 26.4 Å². The van der Waals surface area contributed by atoms with Gasteiger partial charge in [0, 0.05) is 0 Å². The van der Waals surface area contributed by atoms with Crippen LogP contribution in [-0.2, 0) is 9.47 Å². The zero-order valence-electron chi connectivity index (χ0n) is 6.29. The SMILES string of the molecule is C=COC(=O)OC(C)CC. The first-order valence-electron chi connectivity index (χ1n) is 3.18. The zero-order valence-corrected chi connectivity index (χ0v) is 6.29. The molecule has 3 heteroatoms. The molecule has 0 N–H and O–H groups in total. The Bertz CT molecular complexity index is 120. The van der Waals surface area contributed by atoms with E-state index in [0.29, 0.717) is 0 Å². The van der Waals surface area contributed by atoms with Crippen LogP contribution in [0.15, 0.2) is 12.8 Å². The first kappa shape index (κ1) is 9.01. The molecule has 0 saturated heterocycles. The van der Waals surface area contributed by atoms with Crippen LogP contribution in [0.4, 0.5) is 4.79 Å². The number of ether oxygens (including phenoxy) is 2.